The normalized spacial score (nSPS) is 24.3. The first-order chi connectivity index (χ1) is 57.4. The van der Waals surface area contributed by atoms with Gasteiger partial charge in [0.2, 0.25) is 76.8 Å². The number of guanidine groups is 2. The molecule has 3 aromatic carbocycles. The van der Waals surface area contributed by atoms with Gasteiger partial charge in [0.25, 0.3) is 0 Å². The largest absolute Gasteiger partial charge is 0.370 e. The number of benzene rings is 3. The van der Waals surface area contributed by atoms with Gasteiger partial charge in [-0.2, -0.15) is 0 Å². The van der Waals surface area contributed by atoms with Crippen LogP contribution in [0.2, 0.25) is 0 Å². The molecule has 23 N–H and O–H groups in total. The van der Waals surface area contributed by atoms with Crippen LogP contribution in [0, 0.1) is 11.8 Å². The highest BCUT2D eigenvalue weighted by molar-refractivity contribution is 6.00. The Kier molecular flexibility index (Phi) is 33.8. The summed E-state index contributed by atoms with van der Waals surface area (Å²) in [6.07, 6.45) is 17.9. The van der Waals surface area contributed by atoms with Crippen LogP contribution in [-0.4, -0.2) is 215 Å². The van der Waals surface area contributed by atoms with Crippen LogP contribution >= 0.6 is 0 Å². The van der Waals surface area contributed by atoms with E-state index < -0.39 is 143 Å². The number of rotatable bonds is 22. The summed E-state index contributed by atoms with van der Waals surface area (Å²) in [6, 6.07) is 12.7. The van der Waals surface area contributed by atoms with Crippen molar-refractivity contribution in [2.24, 2.45) is 50.5 Å². The average molecular weight is 1650 g/mol. The van der Waals surface area contributed by atoms with E-state index in [4.69, 9.17) is 28.7 Å². The van der Waals surface area contributed by atoms with E-state index in [1.165, 1.54) is 16.7 Å². The van der Waals surface area contributed by atoms with E-state index in [9.17, 15) is 62.3 Å². The summed E-state index contributed by atoms with van der Waals surface area (Å²) < 4.78 is 0. The fraction of sp³-hybridized carbons (Fsp3) is 0.560. The number of aromatic nitrogens is 2. The van der Waals surface area contributed by atoms with Crippen molar-refractivity contribution in [2.75, 3.05) is 45.8 Å². The predicted octanol–water partition coefficient (Wildman–Crippen LogP) is 0.985. The van der Waals surface area contributed by atoms with E-state index in [0.29, 0.717) is 56.9 Å². The van der Waals surface area contributed by atoms with Gasteiger partial charge in [-0.3, -0.25) is 72.3 Å². The lowest BCUT2D eigenvalue weighted by Crippen LogP contribution is -2.60. The molecule has 35 heteroatoms. The summed E-state index contributed by atoms with van der Waals surface area (Å²) in [4.78, 5) is 198. The first kappa shape index (κ1) is 89.7. The lowest BCUT2D eigenvalue weighted by atomic mass is 9.84. The third kappa shape index (κ3) is 26.4. The molecule has 6 aliphatic rings. The number of carbonyl (C=O) groups is 13. The molecular formula is C84H120N22O13. The van der Waals surface area contributed by atoms with E-state index in [1.807, 2.05) is 54.6 Å². The minimum absolute atomic E-state index is 0.0900. The number of nitrogens with one attached hydrogen (secondary N) is 13. The molecule has 0 bridgehead atoms. The molecule has 5 aromatic rings. The zero-order chi connectivity index (χ0) is 84.9. The molecular weight excluding hydrogens is 1530 g/mol. The van der Waals surface area contributed by atoms with Crippen molar-refractivity contribution in [1.29, 1.82) is 0 Å². The van der Waals surface area contributed by atoms with Gasteiger partial charge in [-0.1, -0.05) is 131 Å². The highest BCUT2D eigenvalue weighted by Crippen LogP contribution is 2.31. The van der Waals surface area contributed by atoms with Gasteiger partial charge in [-0.05, 0) is 131 Å². The molecule has 119 heavy (non-hydrogen) atoms. The molecule has 2 aliphatic carbocycles. The van der Waals surface area contributed by atoms with Gasteiger partial charge in [0.05, 0.1) is 6.54 Å². The molecule has 11 rings (SSSR count). The maximum atomic E-state index is 14.5. The number of hydrogen-bond acceptors (Lipinski definition) is 16. The van der Waals surface area contributed by atoms with Gasteiger partial charge in [0.15, 0.2) is 11.9 Å². The van der Waals surface area contributed by atoms with E-state index in [2.05, 4.69) is 78.4 Å². The molecule has 2 aromatic heterocycles. The fourth-order valence-corrected chi connectivity index (χ4v) is 16.9. The highest BCUT2D eigenvalue weighted by Gasteiger charge is 2.43. The average Bonchev–Trinajstić information content (AvgIpc) is 1.73. The summed E-state index contributed by atoms with van der Waals surface area (Å²) in [5.74, 6) is -6.55. The number of H-pyrrole nitrogens is 2. The second-order valence-electron chi connectivity index (χ2n) is 32.1. The van der Waals surface area contributed by atoms with Crippen molar-refractivity contribution in [2.45, 2.75) is 240 Å². The Morgan fingerprint density at radius 1 is 0.454 bits per heavy atom. The number of nitrogens with two attached hydrogens (primary N) is 5. The molecule has 644 valence electrons. The quantitative estimate of drug-likeness (QED) is 0.0261. The summed E-state index contributed by atoms with van der Waals surface area (Å²) >= 11 is 0. The number of amides is 13. The molecule has 4 aliphatic heterocycles. The van der Waals surface area contributed by atoms with Crippen molar-refractivity contribution in [3.63, 3.8) is 0 Å². The van der Waals surface area contributed by atoms with Gasteiger partial charge in [-0.15, -0.1) is 0 Å². The number of aliphatic imine (C=N–C) groups is 2. The monoisotopic (exact) mass is 1640 g/mol. The maximum absolute atomic E-state index is 14.5. The third-order valence-corrected chi connectivity index (χ3v) is 23.3. The molecule has 11 atom stereocenters. The second-order valence-corrected chi connectivity index (χ2v) is 32.1. The lowest BCUT2D eigenvalue weighted by molar-refractivity contribution is -0.142. The van der Waals surface area contributed by atoms with Gasteiger partial charge in [-0.25, -0.2) is 0 Å². The lowest BCUT2D eigenvalue weighted by Gasteiger charge is -2.32. The smallest absolute Gasteiger partial charge is 0.245 e. The van der Waals surface area contributed by atoms with Gasteiger partial charge in [0, 0.05) is 93.2 Å². The van der Waals surface area contributed by atoms with Crippen molar-refractivity contribution in [1.82, 2.24) is 78.3 Å². The topological polar surface area (TPSA) is 547 Å². The van der Waals surface area contributed by atoms with Crippen LogP contribution in [0.15, 0.2) is 101 Å². The van der Waals surface area contributed by atoms with Gasteiger partial charge in [0.1, 0.15) is 66.5 Å². The minimum atomic E-state index is -1.13. The first-order valence-corrected chi connectivity index (χ1v) is 42.2. The zero-order valence-corrected chi connectivity index (χ0v) is 68.0. The third-order valence-electron chi connectivity index (χ3n) is 23.3. The SMILES string of the molecule is CC(=O)NCC(=O)N[C@H]1CCCNC(=O)[C@H](CCCN=C(N)N)NC(=O)[C@H](Cc2c[nH]c3ccccc23)NC(=O)[C@@H](CC2CCCCC2)NC(=O)[C@@H]2CCCN2C1=O.NC(N)=NCCC[C@@H]1NC(=O)[C@H](Cc2c[nH]c3ccccc23)NC(=O)[C@@H](CC2CCCCC2)NC(=O)[C@@H]2CCCN2C(=O)[C@@H](NC(=O)[C@@H](N)c2ccccc2)CCCNC1=O. The van der Waals surface area contributed by atoms with Gasteiger partial charge >= 0.3 is 0 Å². The molecule has 6 heterocycles. The number of hydrogen-bond donors (Lipinski definition) is 18. The van der Waals surface area contributed by atoms with E-state index in [0.717, 1.165) is 97.1 Å². The van der Waals surface area contributed by atoms with E-state index in [-0.39, 0.29) is 121 Å². The summed E-state index contributed by atoms with van der Waals surface area (Å²) in [7, 11) is 0. The van der Waals surface area contributed by atoms with Crippen LogP contribution in [0.1, 0.15) is 184 Å². The molecule has 6 fully saturated rings. The molecule has 4 saturated heterocycles. The van der Waals surface area contributed by atoms with Crippen molar-refractivity contribution in [3.05, 3.63) is 108 Å². The number of carbonyl (C=O) groups excluding carboxylic acids is 13. The molecule has 0 unspecified atom stereocenters. The number of para-hydroxylation sites is 2. The van der Waals surface area contributed by atoms with E-state index >= 15 is 0 Å². The summed E-state index contributed by atoms with van der Waals surface area (Å²) in [5, 5.41) is 33.1. The second kappa shape index (κ2) is 44.8. The highest BCUT2D eigenvalue weighted by atomic mass is 16.2. The Hall–Kier alpha value is -11.7. The van der Waals surface area contributed by atoms with Crippen molar-refractivity contribution in [3.8, 4) is 0 Å². The standard InChI is InChI=1S/C44H61N11O6.C40H59N11O7/c45-37(28-14-5-2-6-15-28)42(60)52-33-19-10-21-48-38(56)32(18-9-22-49-44(46)47)51-40(58)35(25-29-26-50-31-17-8-7-16-30(29)31)53-39(57)34(24-27-12-3-1-4-13-27)54-41(59)36-20-11-23-55(36)43(33)61;1-24(52)45-23-34(53)47-30-15-8-17-43-35(54)29(14-7-18-44-40(41)42)48-37(56)32(21-26-22-46-28-13-6-5-12-27(26)28)49-36(55)31(20-25-10-3-2-4-11-25)50-38(57)33-16-9-19-51(33)39(30)58/h2,5-8,14-17,26-27,32-37,50H,1,3-4,9-13,18-25,45H2,(H,48,56)(H,51,58)(H,52,60)(H,53,57)(H,54,59)(H4,46,47,49);5-6,12-13,22,25,29-33,46H,2-4,7-11,14-21,23H2,1H3,(H,43,54)(H,45,52)(H,47,53)(H,48,56)(H,49,55)(H,50,57)(H4,41,42,44)/t32-,33-,34+,35-,36-,37-;29-,30-,31+,32-,33-/m00/s1. The Morgan fingerprint density at radius 3 is 1.29 bits per heavy atom. The molecule has 35 nitrogen and oxygen atoms in total. The fourth-order valence-electron chi connectivity index (χ4n) is 16.9. The van der Waals surface area contributed by atoms with Gasteiger partial charge < -0.3 is 107 Å². The maximum Gasteiger partial charge on any atom is 0.245 e. The van der Waals surface area contributed by atoms with Crippen LogP contribution in [0.5, 0.6) is 0 Å². The zero-order valence-electron chi connectivity index (χ0n) is 68.0. The number of nitrogens with zero attached hydrogens (tertiary/aromatic N) is 4. The van der Waals surface area contributed by atoms with Crippen molar-refractivity contribution < 1.29 is 62.3 Å². The molecule has 2 saturated carbocycles. The Labute approximate surface area is 692 Å². The van der Waals surface area contributed by atoms with Crippen LogP contribution < -0.4 is 87.2 Å². The number of aromatic amines is 2. The van der Waals surface area contributed by atoms with Crippen LogP contribution in [0.3, 0.4) is 0 Å². The van der Waals surface area contributed by atoms with Crippen molar-refractivity contribution >= 4 is 111 Å². The van der Waals surface area contributed by atoms with Crippen LogP contribution in [-0.2, 0) is 75.2 Å². The predicted molar refractivity (Wildman–Crippen MR) is 448 cm³/mol. The molecule has 13 amide bonds. The molecule has 0 radical (unpaired) electrons. The van der Waals surface area contributed by atoms with Crippen LogP contribution in [0.25, 0.3) is 21.8 Å². The first-order valence-electron chi connectivity index (χ1n) is 42.2. The van der Waals surface area contributed by atoms with Crippen LogP contribution in [0.4, 0.5) is 0 Å². The number of fused-ring (bicyclic) bond motifs is 4. The Balaban J connectivity index is 0.000000251. The molecule has 0 spiro atoms. The minimum Gasteiger partial charge on any atom is -0.370 e. The summed E-state index contributed by atoms with van der Waals surface area (Å²) in [6.45, 7) is 2.08. The Bertz CT molecular complexity index is 4400. The van der Waals surface area contributed by atoms with E-state index in [1.54, 1.807) is 36.7 Å². The Morgan fingerprint density at radius 2 is 0.857 bits per heavy atom. The summed E-state index contributed by atoms with van der Waals surface area (Å²) in [5.41, 5.74) is 32.3.